The monoisotopic (exact) mass is 262 g/mol. The van der Waals surface area contributed by atoms with Crippen LogP contribution >= 0.6 is 0 Å². The van der Waals surface area contributed by atoms with Crippen LogP contribution in [0.25, 0.3) is 0 Å². The minimum Gasteiger partial charge on any atom is -0.503 e. The summed E-state index contributed by atoms with van der Waals surface area (Å²) in [5, 5.41) is 10.0. The normalized spacial score (nSPS) is 31.2. The van der Waals surface area contributed by atoms with Crippen LogP contribution in [0.2, 0.25) is 0 Å². The third-order valence-corrected chi connectivity index (χ3v) is 5.03. The fourth-order valence-electron chi connectivity index (χ4n) is 4.04. The molecule has 19 heavy (non-hydrogen) atoms. The Morgan fingerprint density at radius 3 is 3.00 bits per heavy atom. The lowest BCUT2D eigenvalue weighted by Gasteiger charge is -2.41. The first-order valence-corrected chi connectivity index (χ1v) is 7.11. The van der Waals surface area contributed by atoms with Crippen molar-refractivity contribution in [1.29, 1.82) is 0 Å². The van der Waals surface area contributed by atoms with Gasteiger partial charge in [-0.05, 0) is 44.5 Å². The van der Waals surface area contributed by atoms with E-state index in [9.17, 15) is 5.11 Å². The molecule has 2 fully saturated rings. The molecule has 0 amide bonds. The zero-order valence-electron chi connectivity index (χ0n) is 11.7. The molecular weight excluding hydrogens is 240 g/mol. The highest BCUT2D eigenvalue weighted by Crippen LogP contribution is 2.49. The molecular formula is C15H22N2O2. The fourth-order valence-corrected chi connectivity index (χ4v) is 4.04. The predicted octanol–water partition coefficient (Wildman–Crippen LogP) is 2.31. The van der Waals surface area contributed by atoms with Crippen LogP contribution in [0.3, 0.4) is 0 Å². The van der Waals surface area contributed by atoms with Crippen LogP contribution in [0.15, 0.2) is 12.3 Å². The molecule has 1 aliphatic carbocycles. The number of pyridine rings is 1. The smallest absolute Gasteiger partial charge is 0.256 e. The zero-order valence-corrected chi connectivity index (χ0v) is 11.7. The van der Waals surface area contributed by atoms with E-state index in [2.05, 4.69) is 16.9 Å². The molecule has 3 rings (SSSR count). The van der Waals surface area contributed by atoms with Gasteiger partial charge in [-0.3, -0.25) is 0 Å². The summed E-state index contributed by atoms with van der Waals surface area (Å²) < 4.78 is 5.05. The van der Waals surface area contributed by atoms with Gasteiger partial charge in [0, 0.05) is 17.7 Å². The molecule has 0 radical (unpaired) electrons. The van der Waals surface area contributed by atoms with E-state index in [0.717, 1.165) is 6.54 Å². The lowest BCUT2D eigenvalue weighted by Crippen LogP contribution is -2.43. The highest BCUT2D eigenvalue weighted by Gasteiger charge is 2.48. The van der Waals surface area contributed by atoms with Gasteiger partial charge in [-0.25, -0.2) is 4.98 Å². The number of nitrogens with zero attached hydrogens (tertiary/aromatic N) is 2. The molecule has 104 valence electrons. The van der Waals surface area contributed by atoms with Gasteiger partial charge in [0.2, 0.25) is 0 Å². The molecule has 2 aliphatic rings. The van der Waals surface area contributed by atoms with Crippen molar-refractivity contribution in [1.82, 2.24) is 9.88 Å². The van der Waals surface area contributed by atoms with Gasteiger partial charge in [0.15, 0.2) is 5.75 Å². The first-order valence-electron chi connectivity index (χ1n) is 7.11. The number of hydrogen-bond acceptors (Lipinski definition) is 4. The number of ether oxygens (including phenoxy) is 1. The first kappa shape index (κ1) is 12.7. The minimum atomic E-state index is 0.160. The second-order valence-corrected chi connectivity index (χ2v) is 5.90. The summed E-state index contributed by atoms with van der Waals surface area (Å²) >= 11 is 0. The highest BCUT2D eigenvalue weighted by molar-refractivity contribution is 5.40. The van der Waals surface area contributed by atoms with Crippen molar-refractivity contribution < 1.29 is 9.84 Å². The van der Waals surface area contributed by atoms with Crippen LogP contribution in [0.4, 0.5) is 0 Å². The van der Waals surface area contributed by atoms with E-state index in [1.807, 2.05) is 12.3 Å². The van der Waals surface area contributed by atoms with Crippen LogP contribution in [0.1, 0.15) is 37.7 Å². The molecule has 0 unspecified atom stereocenters. The first-order chi connectivity index (χ1) is 9.17. The number of aromatic nitrogens is 1. The van der Waals surface area contributed by atoms with Crippen molar-refractivity contribution in [3.8, 4) is 11.6 Å². The Labute approximate surface area is 114 Å². The summed E-state index contributed by atoms with van der Waals surface area (Å²) in [6.45, 7) is 1.14. The van der Waals surface area contributed by atoms with Gasteiger partial charge in [-0.1, -0.05) is 12.8 Å². The summed E-state index contributed by atoms with van der Waals surface area (Å²) in [6.07, 6.45) is 8.11. The Morgan fingerprint density at radius 1 is 1.42 bits per heavy atom. The third-order valence-electron chi connectivity index (χ3n) is 5.03. The van der Waals surface area contributed by atoms with Crippen LogP contribution in [-0.4, -0.2) is 41.7 Å². The van der Waals surface area contributed by atoms with E-state index < -0.39 is 0 Å². The summed E-state index contributed by atoms with van der Waals surface area (Å²) in [7, 11) is 3.75. The Bertz CT molecular complexity index is 473. The minimum absolute atomic E-state index is 0.160. The number of aromatic hydroxyl groups is 1. The largest absolute Gasteiger partial charge is 0.503 e. The van der Waals surface area contributed by atoms with E-state index in [1.165, 1.54) is 44.8 Å². The lowest BCUT2D eigenvalue weighted by atomic mass is 9.66. The Hall–Kier alpha value is -1.29. The van der Waals surface area contributed by atoms with Gasteiger partial charge in [-0.2, -0.15) is 0 Å². The van der Waals surface area contributed by atoms with Crippen molar-refractivity contribution in [2.45, 2.75) is 43.6 Å². The molecule has 4 heteroatoms. The number of likely N-dealkylation sites (N-methyl/N-ethyl adjacent to an activating group) is 1. The second-order valence-electron chi connectivity index (χ2n) is 5.90. The molecule has 4 nitrogen and oxygen atoms in total. The van der Waals surface area contributed by atoms with Crippen molar-refractivity contribution in [2.24, 2.45) is 0 Å². The van der Waals surface area contributed by atoms with Gasteiger partial charge in [-0.15, -0.1) is 0 Å². The standard InChI is InChI=1S/C15H22N2O2/c1-17-8-7-15(6-4-3-5-13(15)17)11-9-12(18)14(19-2)16-10-11/h9-10,13,18H,3-8H2,1-2H3/t13-,15-/m0/s1. The number of fused-ring (bicyclic) bond motifs is 1. The Morgan fingerprint density at radius 2 is 2.26 bits per heavy atom. The molecule has 1 N–H and O–H groups in total. The summed E-state index contributed by atoms with van der Waals surface area (Å²) in [4.78, 5) is 6.73. The number of hydrogen-bond donors (Lipinski definition) is 1. The highest BCUT2D eigenvalue weighted by atomic mass is 16.5. The van der Waals surface area contributed by atoms with E-state index in [4.69, 9.17) is 4.74 Å². The summed E-state index contributed by atoms with van der Waals surface area (Å²) in [5.41, 5.74) is 1.36. The number of likely N-dealkylation sites (tertiary alicyclic amines) is 1. The van der Waals surface area contributed by atoms with Gasteiger partial charge < -0.3 is 14.7 Å². The molecule has 2 atom stereocenters. The maximum absolute atomic E-state index is 10.0. The summed E-state index contributed by atoms with van der Waals surface area (Å²) in [5.74, 6) is 0.479. The molecule has 1 aliphatic heterocycles. The van der Waals surface area contributed by atoms with Crippen LogP contribution in [0, 0.1) is 0 Å². The van der Waals surface area contributed by atoms with Crippen molar-refractivity contribution in [2.75, 3.05) is 20.7 Å². The van der Waals surface area contributed by atoms with Crippen molar-refractivity contribution in [3.63, 3.8) is 0 Å². The molecule has 0 aromatic carbocycles. The van der Waals surface area contributed by atoms with E-state index in [0.29, 0.717) is 11.9 Å². The Balaban J connectivity index is 2.01. The molecule has 0 bridgehead atoms. The molecule has 1 aromatic rings. The molecule has 1 saturated carbocycles. The van der Waals surface area contributed by atoms with Crippen LogP contribution in [-0.2, 0) is 5.41 Å². The molecule has 0 spiro atoms. The summed E-state index contributed by atoms with van der Waals surface area (Å²) in [6, 6.07) is 2.46. The van der Waals surface area contributed by atoms with Gasteiger partial charge in [0.1, 0.15) is 0 Å². The average Bonchev–Trinajstić information content (AvgIpc) is 2.78. The average molecular weight is 262 g/mol. The topological polar surface area (TPSA) is 45.6 Å². The molecule has 1 aromatic heterocycles. The Kier molecular flexibility index (Phi) is 3.13. The van der Waals surface area contributed by atoms with Gasteiger partial charge in [0.05, 0.1) is 7.11 Å². The number of methoxy groups -OCH3 is 1. The lowest BCUT2D eigenvalue weighted by molar-refractivity contribution is 0.181. The zero-order chi connectivity index (χ0) is 13.5. The van der Waals surface area contributed by atoms with Crippen molar-refractivity contribution >= 4 is 0 Å². The van der Waals surface area contributed by atoms with Crippen molar-refractivity contribution in [3.05, 3.63) is 17.8 Å². The molecule has 2 heterocycles. The van der Waals surface area contributed by atoms with Crippen LogP contribution in [0.5, 0.6) is 11.6 Å². The van der Waals surface area contributed by atoms with Gasteiger partial charge in [0.25, 0.3) is 5.88 Å². The maximum atomic E-state index is 10.0. The fraction of sp³-hybridized carbons (Fsp3) is 0.667. The van der Waals surface area contributed by atoms with E-state index in [1.54, 1.807) is 0 Å². The quantitative estimate of drug-likeness (QED) is 0.888. The van der Waals surface area contributed by atoms with Crippen LogP contribution < -0.4 is 4.74 Å². The predicted molar refractivity (Wildman–Crippen MR) is 73.6 cm³/mol. The maximum Gasteiger partial charge on any atom is 0.256 e. The molecule has 1 saturated heterocycles. The third kappa shape index (κ3) is 1.89. The number of rotatable bonds is 2. The SMILES string of the molecule is COc1ncc([C@@]23CCCC[C@@H]2N(C)CC3)cc1O. The van der Waals surface area contributed by atoms with Gasteiger partial charge >= 0.3 is 0 Å². The second kappa shape index (κ2) is 4.67. The van der Waals surface area contributed by atoms with E-state index in [-0.39, 0.29) is 11.2 Å². The van der Waals surface area contributed by atoms with E-state index >= 15 is 0 Å².